The van der Waals surface area contributed by atoms with E-state index in [2.05, 4.69) is 20.8 Å². The number of rotatable bonds is 5. The summed E-state index contributed by atoms with van der Waals surface area (Å²) < 4.78 is 10.5. The number of ether oxygens (including phenoxy) is 1. The van der Waals surface area contributed by atoms with E-state index in [9.17, 15) is 4.79 Å². The number of benzene rings is 1. The molecular formula is C16H21ClN4O3. The van der Waals surface area contributed by atoms with Gasteiger partial charge in [-0.1, -0.05) is 11.6 Å². The second-order valence-electron chi connectivity index (χ2n) is 5.54. The van der Waals surface area contributed by atoms with Gasteiger partial charge in [0.25, 0.3) is 5.89 Å². The molecule has 1 aliphatic rings. The Morgan fingerprint density at radius 1 is 1.38 bits per heavy atom. The van der Waals surface area contributed by atoms with Gasteiger partial charge in [-0.25, -0.2) is 0 Å². The van der Waals surface area contributed by atoms with Gasteiger partial charge in [0.05, 0.1) is 6.04 Å². The molecule has 0 radical (unpaired) electrons. The number of carbonyl (C=O) groups excluding carboxylic acids is 1. The molecule has 1 fully saturated rings. The number of hydrogen-bond acceptors (Lipinski definition) is 6. The summed E-state index contributed by atoms with van der Waals surface area (Å²) >= 11 is 0. The molecule has 24 heavy (non-hydrogen) atoms. The zero-order chi connectivity index (χ0) is 16.1. The predicted molar refractivity (Wildman–Crippen MR) is 91.3 cm³/mol. The van der Waals surface area contributed by atoms with Crippen LogP contribution in [0.5, 0.6) is 5.75 Å². The van der Waals surface area contributed by atoms with Gasteiger partial charge in [0, 0.05) is 5.69 Å². The normalized spacial score (nSPS) is 17.0. The molecule has 1 aromatic carbocycles. The topological polar surface area (TPSA) is 89.3 Å². The summed E-state index contributed by atoms with van der Waals surface area (Å²) in [4.78, 5) is 16.2. The third-order valence-electron chi connectivity index (χ3n) is 3.68. The maximum Gasteiger partial charge on any atom is 0.264 e. The Morgan fingerprint density at radius 3 is 2.79 bits per heavy atom. The number of amides is 1. The largest absolute Gasteiger partial charge is 0.484 e. The van der Waals surface area contributed by atoms with Crippen molar-refractivity contribution in [2.75, 3.05) is 11.9 Å². The van der Waals surface area contributed by atoms with Crippen LogP contribution >= 0.6 is 12.4 Å². The molecule has 2 heterocycles. The van der Waals surface area contributed by atoms with Crippen molar-refractivity contribution in [2.24, 2.45) is 0 Å². The number of anilines is 1. The van der Waals surface area contributed by atoms with E-state index in [4.69, 9.17) is 9.26 Å². The van der Waals surface area contributed by atoms with Crippen molar-refractivity contribution in [3.8, 4) is 5.75 Å². The van der Waals surface area contributed by atoms with Gasteiger partial charge in [0.2, 0.25) is 5.91 Å². The van der Waals surface area contributed by atoms with E-state index in [0.717, 1.165) is 31.5 Å². The third kappa shape index (κ3) is 4.94. The number of halogens is 1. The molecule has 1 aliphatic heterocycles. The maximum absolute atomic E-state index is 12.1. The number of carbonyl (C=O) groups is 1. The van der Waals surface area contributed by atoms with Gasteiger partial charge < -0.3 is 19.9 Å². The molecule has 3 rings (SSSR count). The zero-order valence-corrected chi connectivity index (χ0v) is 14.3. The van der Waals surface area contributed by atoms with Crippen LogP contribution in [-0.2, 0) is 11.4 Å². The molecule has 1 amide bonds. The van der Waals surface area contributed by atoms with E-state index < -0.39 is 0 Å². The lowest BCUT2D eigenvalue weighted by Gasteiger charge is -2.22. The number of aromatic nitrogens is 2. The molecular weight excluding hydrogens is 332 g/mol. The lowest BCUT2D eigenvalue weighted by Crippen LogP contribution is -2.43. The van der Waals surface area contributed by atoms with Crippen molar-refractivity contribution in [3.05, 3.63) is 36.0 Å². The van der Waals surface area contributed by atoms with Gasteiger partial charge in [0.15, 0.2) is 12.4 Å². The van der Waals surface area contributed by atoms with E-state index >= 15 is 0 Å². The predicted octanol–water partition coefficient (Wildman–Crippen LogP) is 2.46. The number of nitrogens with one attached hydrogen (secondary N) is 2. The molecule has 0 bridgehead atoms. The van der Waals surface area contributed by atoms with Gasteiger partial charge >= 0.3 is 0 Å². The molecule has 1 unspecified atom stereocenters. The number of piperidine rings is 1. The highest BCUT2D eigenvalue weighted by molar-refractivity contribution is 5.94. The molecule has 0 aliphatic carbocycles. The number of aryl methyl sites for hydroxylation is 1. The highest BCUT2D eigenvalue weighted by Gasteiger charge is 2.20. The fourth-order valence-electron chi connectivity index (χ4n) is 2.48. The highest BCUT2D eigenvalue weighted by atomic mass is 35.5. The first-order valence-electron chi connectivity index (χ1n) is 7.77. The Labute approximate surface area is 146 Å². The minimum absolute atomic E-state index is 0. The van der Waals surface area contributed by atoms with Crippen LogP contribution in [0.15, 0.2) is 28.8 Å². The Balaban J connectivity index is 0.00000208. The van der Waals surface area contributed by atoms with Crippen LogP contribution in [0.4, 0.5) is 5.69 Å². The van der Waals surface area contributed by atoms with Gasteiger partial charge in [-0.05, 0) is 50.6 Å². The van der Waals surface area contributed by atoms with Crippen molar-refractivity contribution >= 4 is 24.0 Å². The maximum atomic E-state index is 12.1. The van der Waals surface area contributed by atoms with Crippen molar-refractivity contribution in [2.45, 2.75) is 38.8 Å². The zero-order valence-electron chi connectivity index (χ0n) is 13.4. The van der Waals surface area contributed by atoms with Crippen LogP contribution < -0.4 is 15.4 Å². The fraction of sp³-hybridized carbons (Fsp3) is 0.438. The van der Waals surface area contributed by atoms with Gasteiger partial charge in [-0.3, -0.25) is 4.79 Å². The van der Waals surface area contributed by atoms with Crippen LogP contribution in [0, 0.1) is 6.92 Å². The van der Waals surface area contributed by atoms with E-state index in [1.54, 1.807) is 19.1 Å². The summed E-state index contributed by atoms with van der Waals surface area (Å²) in [7, 11) is 0. The minimum Gasteiger partial charge on any atom is -0.484 e. The third-order valence-corrected chi connectivity index (χ3v) is 3.68. The Morgan fingerprint density at radius 2 is 2.17 bits per heavy atom. The lowest BCUT2D eigenvalue weighted by atomic mass is 10.0. The van der Waals surface area contributed by atoms with Crippen LogP contribution in [0.25, 0.3) is 0 Å². The molecule has 0 saturated carbocycles. The Hall–Kier alpha value is -2.12. The molecule has 130 valence electrons. The molecule has 0 spiro atoms. The summed E-state index contributed by atoms with van der Waals surface area (Å²) in [6.07, 6.45) is 3.11. The Kier molecular flexibility index (Phi) is 6.57. The van der Waals surface area contributed by atoms with Gasteiger partial charge in [-0.2, -0.15) is 4.98 Å². The van der Waals surface area contributed by atoms with E-state index in [1.807, 2.05) is 12.1 Å². The smallest absolute Gasteiger partial charge is 0.264 e. The monoisotopic (exact) mass is 352 g/mol. The molecule has 8 heteroatoms. The molecule has 1 aromatic heterocycles. The molecule has 1 atom stereocenters. The fourth-order valence-corrected chi connectivity index (χ4v) is 2.48. The van der Waals surface area contributed by atoms with Gasteiger partial charge in [-0.15, -0.1) is 12.4 Å². The van der Waals surface area contributed by atoms with Crippen molar-refractivity contribution in [3.63, 3.8) is 0 Å². The second kappa shape index (κ2) is 8.65. The summed E-state index contributed by atoms with van der Waals surface area (Å²) in [5.74, 6) is 1.70. The van der Waals surface area contributed by atoms with Crippen LogP contribution in [0.3, 0.4) is 0 Å². The van der Waals surface area contributed by atoms with Crippen molar-refractivity contribution in [1.82, 2.24) is 15.5 Å². The first-order chi connectivity index (χ1) is 11.2. The molecule has 1 saturated heterocycles. The Bertz CT molecular complexity index is 654. The van der Waals surface area contributed by atoms with E-state index in [0.29, 0.717) is 17.5 Å². The summed E-state index contributed by atoms with van der Waals surface area (Å²) in [6.45, 7) is 2.88. The van der Waals surface area contributed by atoms with Crippen LogP contribution in [-0.4, -0.2) is 28.6 Å². The van der Waals surface area contributed by atoms with Crippen molar-refractivity contribution < 1.29 is 14.1 Å². The van der Waals surface area contributed by atoms with Crippen LogP contribution in [0.2, 0.25) is 0 Å². The summed E-state index contributed by atoms with van der Waals surface area (Å²) in [6, 6.07) is 7.13. The number of hydrogen-bond donors (Lipinski definition) is 2. The highest BCUT2D eigenvalue weighted by Crippen LogP contribution is 2.18. The molecule has 7 nitrogen and oxygen atoms in total. The molecule has 2 aromatic rings. The quantitative estimate of drug-likeness (QED) is 0.859. The average Bonchev–Trinajstić information content (AvgIpc) is 3.00. The summed E-state index contributed by atoms with van der Waals surface area (Å²) in [5.41, 5.74) is 0.753. The van der Waals surface area contributed by atoms with E-state index in [1.165, 1.54) is 0 Å². The first-order valence-corrected chi connectivity index (χ1v) is 7.77. The van der Waals surface area contributed by atoms with Crippen LogP contribution in [0.1, 0.15) is 31.0 Å². The standard InChI is InChI=1S/C16H20N4O3.ClH/c1-11-18-15(23-20-11)10-22-13-7-5-12(6-8-13)19-16(21)14-4-2-3-9-17-14;/h5-8,14,17H,2-4,9-10H2,1H3,(H,19,21);1H. The SMILES string of the molecule is Cc1noc(COc2ccc(NC(=O)C3CCCCN3)cc2)n1.Cl. The summed E-state index contributed by atoms with van der Waals surface area (Å²) in [5, 5.41) is 9.85. The average molecular weight is 353 g/mol. The number of nitrogens with zero attached hydrogens (tertiary/aromatic N) is 2. The first kappa shape index (κ1) is 18.2. The lowest BCUT2D eigenvalue weighted by molar-refractivity contribution is -0.118. The van der Waals surface area contributed by atoms with Gasteiger partial charge in [0.1, 0.15) is 5.75 Å². The second-order valence-corrected chi connectivity index (χ2v) is 5.54. The van der Waals surface area contributed by atoms with E-state index in [-0.39, 0.29) is 31.0 Å². The molecule has 2 N–H and O–H groups in total. The minimum atomic E-state index is -0.0968. The van der Waals surface area contributed by atoms with Crippen molar-refractivity contribution in [1.29, 1.82) is 0 Å².